The van der Waals surface area contributed by atoms with Crippen LogP contribution in [0.3, 0.4) is 0 Å². The molecule has 0 bridgehead atoms. The average Bonchev–Trinajstić information content (AvgIpc) is 2.38. The summed E-state index contributed by atoms with van der Waals surface area (Å²) in [4.78, 5) is 5.04. The Bertz CT molecular complexity index is 216. The minimum atomic E-state index is 0.938. The fourth-order valence-electron chi connectivity index (χ4n) is 3.44. The third kappa shape index (κ3) is 4.87. The van der Waals surface area contributed by atoms with Crippen LogP contribution in [-0.2, 0) is 0 Å². The summed E-state index contributed by atoms with van der Waals surface area (Å²) in [5.41, 5.74) is 0. The summed E-state index contributed by atoms with van der Waals surface area (Å²) in [6, 6.07) is 0. The molecule has 2 rings (SSSR count). The molecule has 0 aromatic carbocycles. The number of likely N-dealkylation sites (tertiary alicyclic amines) is 1. The standard InChI is InChI=1S/C15H31N3/c1-17(2)13-15-6-10-18(11-7-15)9-5-14-4-3-8-16-12-14/h14-16H,3-13H2,1-2H3. The molecule has 106 valence electrons. The highest BCUT2D eigenvalue weighted by Gasteiger charge is 2.20. The van der Waals surface area contributed by atoms with Gasteiger partial charge in [-0.15, -0.1) is 0 Å². The maximum Gasteiger partial charge on any atom is 0.000451 e. The highest BCUT2D eigenvalue weighted by atomic mass is 15.1. The van der Waals surface area contributed by atoms with Crippen molar-refractivity contribution in [3.05, 3.63) is 0 Å². The molecular formula is C15H31N3. The van der Waals surface area contributed by atoms with E-state index in [-0.39, 0.29) is 0 Å². The molecule has 18 heavy (non-hydrogen) atoms. The van der Waals surface area contributed by atoms with E-state index in [4.69, 9.17) is 0 Å². The summed E-state index contributed by atoms with van der Waals surface area (Å²) in [5.74, 6) is 1.88. The van der Waals surface area contributed by atoms with Crippen LogP contribution < -0.4 is 5.32 Å². The monoisotopic (exact) mass is 253 g/mol. The van der Waals surface area contributed by atoms with E-state index in [1.165, 1.54) is 71.4 Å². The topological polar surface area (TPSA) is 18.5 Å². The van der Waals surface area contributed by atoms with Crippen molar-refractivity contribution in [1.82, 2.24) is 15.1 Å². The Kier molecular flexibility index (Phi) is 5.93. The lowest BCUT2D eigenvalue weighted by Crippen LogP contribution is -2.39. The summed E-state index contributed by atoms with van der Waals surface area (Å²) in [5, 5.41) is 3.53. The van der Waals surface area contributed by atoms with Crippen LogP contribution >= 0.6 is 0 Å². The van der Waals surface area contributed by atoms with Crippen molar-refractivity contribution in [1.29, 1.82) is 0 Å². The average molecular weight is 253 g/mol. The molecule has 0 saturated carbocycles. The summed E-state index contributed by atoms with van der Waals surface area (Å²) in [6.45, 7) is 7.78. The Balaban J connectivity index is 1.58. The minimum Gasteiger partial charge on any atom is -0.316 e. The van der Waals surface area contributed by atoms with Gasteiger partial charge >= 0.3 is 0 Å². The van der Waals surface area contributed by atoms with E-state index < -0.39 is 0 Å². The van der Waals surface area contributed by atoms with Crippen LogP contribution in [0.25, 0.3) is 0 Å². The van der Waals surface area contributed by atoms with Gasteiger partial charge in [0, 0.05) is 6.54 Å². The molecule has 1 unspecified atom stereocenters. The molecule has 2 saturated heterocycles. The molecule has 0 amide bonds. The number of nitrogens with zero attached hydrogens (tertiary/aromatic N) is 2. The molecule has 2 fully saturated rings. The van der Waals surface area contributed by atoms with Gasteiger partial charge < -0.3 is 15.1 Å². The van der Waals surface area contributed by atoms with Crippen LogP contribution in [0.15, 0.2) is 0 Å². The zero-order valence-corrected chi connectivity index (χ0v) is 12.3. The van der Waals surface area contributed by atoms with E-state index in [2.05, 4.69) is 29.2 Å². The van der Waals surface area contributed by atoms with Crippen molar-refractivity contribution in [2.45, 2.75) is 32.1 Å². The van der Waals surface area contributed by atoms with Crippen LogP contribution in [0.2, 0.25) is 0 Å². The largest absolute Gasteiger partial charge is 0.316 e. The van der Waals surface area contributed by atoms with Crippen molar-refractivity contribution in [3.63, 3.8) is 0 Å². The third-order valence-corrected chi connectivity index (χ3v) is 4.58. The zero-order valence-electron chi connectivity index (χ0n) is 12.3. The fraction of sp³-hybridized carbons (Fsp3) is 1.00. The van der Waals surface area contributed by atoms with Crippen LogP contribution in [0.1, 0.15) is 32.1 Å². The van der Waals surface area contributed by atoms with Gasteiger partial charge in [0.15, 0.2) is 0 Å². The Labute approximate surface area is 113 Å². The second kappa shape index (κ2) is 7.46. The van der Waals surface area contributed by atoms with E-state index in [0.717, 1.165) is 11.8 Å². The third-order valence-electron chi connectivity index (χ3n) is 4.58. The molecule has 3 heteroatoms. The molecule has 2 aliphatic rings. The molecule has 0 spiro atoms. The fourth-order valence-corrected chi connectivity index (χ4v) is 3.44. The second-order valence-electron chi connectivity index (χ2n) is 6.55. The first-order chi connectivity index (χ1) is 8.74. The van der Waals surface area contributed by atoms with Gasteiger partial charge in [-0.3, -0.25) is 0 Å². The van der Waals surface area contributed by atoms with Gasteiger partial charge in [-0.05, 0) is 90.8 Å². The van der Waals surface area contributed by atoms with Crippen molar-refractivity contribution >= 4 is 0 Å². The highest BCUT2D eigenvalue weighted by Crippen LogP contribution is 2.20. The van der Waals surface area contributed by atoms with Crippen LogP contribution in [0.4, 0.5) is 0 Å². The molecule has 2 aliphatic heterocycles. The molecule has 0 radical (unpaired) electrons. The predicted molar refractivity (Wildman–Crippen MR) is 77.9 cm³/mol. The van der Waals surface area contributed by atoms with Crippen molar-refractivity contribution in [2.75, 3.05) is 53.4 Å². The molecule has 1 N–H and O–H groups in total. The lowest BCUT2D eigenvalue weighted by Gasteiger charge is -2.34. The Morgan fingerprint density at radius 3 is 2.50 bits per heavy atom. The number of nitrogens with one attached hydrogen (secondary N) is 1. The summed E-state index contributed by atoms with van der Waals surface area (Å²) in [6.07, 6.45) is 7.05. The first-order valence-corrected chi connectivity index (χ1v) is 7.82. The molecule has 0 aliphatic carbocycles. The van der Waals surface area contributed by atoms with Gasteiger partial charge in [0.25, 0.3) is 0 Å². The van der Waals surface area contributed by atoms with Crippen LogP contribution in [0, 0.1) is 11.8 Å². The van der Waals surface area contributed by atoms with Crippen molar-refractivity contribution in [2.24, 2.45) is 11.8 Å². The van der Waals surface area contributed by atoms with Crippen LogP contribution in [0.5, 0.6) is 0 Å². The molecule has 3 nitrogen and oxygen atoms in total. The second-order valence-corrected chi connectivity index (χ2v) is 6.55. The van der Waals surface area contributed by atoms with Gasteiger partial charge in [0.1, 0.15) is 0 Å². The maximum absolute atomic E-state index is 3.53. The number of rotatable bonds is 5. The lowest BCUT2D eigenvalue weighted by molar-refractivity contribution is 0.152. The number of piperidine rings is 2. The van der Waals surface area contributed by atoms with Gasteiger partial charge in [-0.2, -0.15) is 0 Å². The normalized spacial score (nSPS) is 27.8. The van der Waals surface area contributed by atoms with E-state index in [1.807, 2.05) is 0 Å². The van der Waals surface area contributed by atoms with E-state index >= 15 is 0 Å². The van der Waals surface area contributed by atoms with Crippen molar-refractivity contribution in [3.8, 4) is 0 Å². The molecule has 2 heterocycles. The molecule has 0 aromatic heterocycles. The molecule has 1 atom stereocenters. The number of hydrogen-bond donors (Lipinski definition) is 1. The highest BCUT2D eigenvalue weighted by molar-refractivity contribution is 4.76. The summed E-state index contributed by atoms with van der Waals surface area (Å²) < 4.78 is 0. The number of hydrogen-bond acceptors (Lipinski definition) is 3. The zero-order chi connectivity index (χ0) is 12.8. The quantitative estimate of drug-likeness (QED) is 0.804. The Morgan fingerprint density at radius 1 is 1.11 bits per heavy atom. The summed E-state index contributed by atoms with van der Waals surface area (Å²) >= 11 is 0. The van der Waals surface area contributed by atoms with E-state index in [1.54, 1.807) is 0 Å². The van der Waals surface area contributed by atoms with E-state index in [0.29, 0.717) is 0 Å². The lowest BCUT2D eigenvalue weighted by atomic mass is 9.93. The SMILES string of the molecule is CN(C)CC1CCN(CCC2CCCNC2)CC1. The first-order valence-electron chi connectivity index (χ1n) is 7.82. The Morgan fingerprint density at radius 2 is 1.89 bits per heavy atom. The molecule has 0 aromatic rings. The van der Waals surface area contributed by atoms with Crippen LogP contribution in [-0.4, -0.2) is 63.2 Å². The van der Waals surface area contributed by atoms with Gasteiger partial charge in [0.05, 0.1) is 0 Å². The summed E-state index contributed by atoms with van der Waals surface area (Å²) in [7, 11) is 4.39. The van der Waals surface area contributed by atoms with E-state index in [9.17, 15) is 0 Å². The minimum absolute atomic E-state index is 0.938. The predicted octanol–water partition coefficient (Wildman–Crippen LogP) is 1.65. The first kappa shape index (κ1) is 14.3. The van der Waals surface area contributed by atoms with Gasteiger partial charge in [-0.1, -0.05) is 0 Å². The smallest absolute Gasteiger partial charge is 0.000451 e. The molecular weight excluding hydrogens is 222 g/mol. The van der Waals surface area contributed by atoms with Crippen molar-refractivity contribution < 1.29 is 0 Å². The van der Waals surface area contributed by atoms with Gasteiger partial charge in [0.2, 0.25) is 0 Å². The van der Waals surface area contributed by atoms with Gasteiger partial charge in [-0.25, -0.2) is 0 Å². The maximum atomic E-state index is 3.53. The Hall–Kier alpha value is -0.120.